The summed E-state index contributed by atoms with van der Waals surface area (Å²) < 4.78 is 5.22. The molecule has 0 atom stereocenters. The van der Waals surface area contributed by atoms with Crippen LogP contribution in [0.15, 0.2) is 12.1 Å². The molecule has 0 radical (unpaired) electrons. The average molecular weight is 248 g/mol. The van der Waals surface area contributed by atoms with Crippen LogP contribution in [-0.2, 0) is 4.79 Å². The van der Waals surface area contributed by atoms with Crippen molar-refractivity contribution in [3.05, 3.63) is 28.8 Å². The fourth-order valence-electron chi connectivity index (χ4n) is 1.95. The lowest BCUT2D eigenvalue weighted by atomic mass is 9.96. The standard InChI is InChI=1S/C15H20O3/c1-10(16)6-5-7-14(17)13-8-9-15(18-4)12(3)11(13)2/h8-9H,5-7H2,1-4H3. The molecule has 1 aromatic carbocycles. The van der Waals surface area contributed by atoms with E-state index in [0.29, 0.717) is 19.3 Å². The molecule has 0 saturated carbocycles. The smallest absolute Gasteiger partial charge is 0.163 e. The number of hydrogen-bond donors (Lipinski definition) is 0. The van der Waals surface area contributed by atoms with Gasteiger partial charge in [0.2, 0.25) is 0 Å². The third kappa shape index (κ3) is 3.42. The quantitative estimate of drug-likeness (QED) is 0.726. The van der Waals surface area contributed by atoms with Crippen molar-refractivity contribution >= 4 is 11.6 Å². The first-order valence-corrected chi connectivity index (χ1v) is 6.14. The van der Waals surface area contributed by atoms with Crippen LogP contribution in [0.4, 0.5) is 0 Å². The molecule has 0 aromatic heterocycles. The minimum atomic E-state index is 0.0968. The lowest BCUT2D eigenvalue weighted by Gasteiger charge is -2.11. The summed E-state index contributed by atoms with van der Waals surface area (Å²) in [7, 11) is 1.62. The van der Waals surface area contributed by atoms with Crippen LogP contribution >= 0.6 is 0 Å². The summed E-state index contributed by atoms with van der Waals surface area (Å²) >= 11 is 0. The van der Waals surface area contributed by atoms with Crippen molar-refractivity contribution in [2.24, 2.45) is 0 Å². The Labute approximate surface area is 108 Å². The third-order valence-electron chi connectivity index (χ3n) is 3.19. The molecule has 98 valence electrons. The fraction of sp³-hybridized carbons (Fsp3) is 0.467. The molecule has 1 aromatic rings. The first kappa shape index (κ1) is 14.4. The maximum atomic E-state index is 12.0. The zero-order valence-corrected chi connectivity index (χ0v) is 11.5. The van der Waals surface area contributed by atoms with E-state index in [0.717, 1.165) is 22.4 Å². The number of ether oxygens (including phenoxy) is 1. The number of ketones is 2. The average Bonchev–Trinajstić information content (AvgIpc) is 2.32. The summed E-state index contributed by atoms with van der Waals surface area (Å²) in [5, 5.41) is 0. The van der Waals surface area contributed by atoms with Gasteiger partial charge in [-0.25, -0.2) is 0 Å². The predicted molar refractivity (Wildman–Crippen MR) is 71.3 cm³/mol. The van der Waals surface area contributed by atoms with E-state index in [1.807, 2.05) is 19.9 Å². The Hall–Kier alpha value is -1.64. The number of methoxy groups -OCH3 is 1. The molecule has 0 heterocycles. The van der Waals surface area contributed by atoms with E-state index in [1.54, 1.807) is 20.1 Å². The van der Waals surface area contributed by atoms with E-state index in [9.17, 15) is 9.59 Å². The highest BCUT2D eigenvalue weighted by atomic mass is 16.5. The highest BCUT2D eigenvalue weighted by Gasteiger charge is 2.13. The van der Waals surface area contributed by atoms with E-state index in [4.69, 9.17) is 4.74 Å². The van der Waals surface area contributed by atoms with Gasteiger partial charge < -0.3 is 9.53 Å². The van der Waals surface area contributed by atoms with Crippen LogP contribution in [0.5, 0.6) is 5.75 Å². The number of carbonyl (C=O) groups excluding carboxylic acids is 2. The molecule has 3 nitrogen and oxygen atoms in total. The molecule has 18 heavy (non-hydrogen) atoms. The van der Waals surface area contributed by atoms with E-state index in [-0.39, 0.29) is 11.6 Å². The minimum Gasteiger partial charge on any atom is -0.496 e. The Morgan fingerprint density at radius 1 is 1.11 bits per heavy atom. The lowest BCUT2D eigenvalue weighted by molar-refractivity contribution is -0.117. The van der Waals surface area contributed by atoms with Gasteiger partial charge in [-0.3, -0.25) is 4.79 Å². The van der Waals surface area contributed by atoms with Gasteiger partial charge in [0.25, 0.3) is 0 Å². The first-order valence-electron chi connectivity index (χ1n) is 6.14. The predicted octanol–water partition coefficient (Wildman–Crippen LogP) is 3.25. The SMILES string of the molecule is COc1ccc(C(=O)CCCC(C)=O)c(C)c1C. The van der Waals surface area contributed by atoms with Gasteiger partial charge in [0.1, 0.15) is 11.5 Å². The molecule has 0 fully saturated rings. The summed E-state index contributed by atoms with van der Waals surface area (Å²) in [5.74, 6) is 1.03. The normalized spacial score (nSPS) is 10.2. The third-order valence-corrected chi connectivity index (χ3v) is 3.19. The number of rotatable bonds is 6. The molecule has 0 amide bonds. The summed E-state index contributed by atoms with van der Waals surface area (Å²) in [6.07, 6.45) is 1.52. The van der Waals surface area contributed by atoms with Crippen LogP contribution in [0.25, 0.3) is 0 Å². The second-order valence-corrected chi connectivity index (χ2v) is 4.54. The highest BCUT2D eigenvalue weighted by Crippen LogP contribution is 2.25. The molecule has 0 N–H and O–H groups in total. The van der Waals surface area contributed by atoms with Crippen molar-refractivity contribution in [1.82, 2.24) is 0 Å². The first-order chi connectivity index (χ1) is 8.47. The minimum absolute atomic E-state index is 0.0968. The maximum Gasteiger partial charge on any atom is 0.163 e. The fourth-order valence-corrected chi connectivity index (χ4v) is 1.95. The van der Waals surface area contributed by atoms with Gasteiger partial charge >= 0.3 is 0 Å². The molecule has 1 rings (SSSR count). The van der Waals surface area contributed by atoms with E-state index >= 15 is 0 Å². The van der Waals surface area contributed by atoms with Crippen LogP contribution in [0.3, 0.4) is 0 Å². The van der Waals surface area contributed by atoms with Crippen LogP contribution in [0.2, 0.25) is 0 Å². The number of hydrogen-bond acceptors (Lipinski definition) is 3. The van der Waals surface area contributed by atoms with E-state index < -0.39 is 0 Å². The topological polar surface area (TPSA) is 43.4 Å². The molecule has 0 aliphatic heterocycles. The molecule has 0 bridgehead atoms. The van der Waals surface area contributed by atoms with E-state index in [1.165, 1.54) is 0 Å². The Bertz CT molecular complexity index is 461. The molecular weight excluding hydrogens is 228 g/mol. The van der Waals surface area contributed by atoms with Crippen LogP contribution in [0, 0.1) is 13.8 Å². The number of carbonyl (C=O) groups is 2. The van der Waals surface area contributed by atoms with Gasteiger partial charge in [-0.1, -0.05) is 0 Å². The second kappa shape index (κ2) is 6.34. The lowest BCUT2D eigenvalue weighted by Crippen LogP contribution is -2.05. The largest absolute Gasteiger partial charge is 0.496 e. The number of Topliss-reactive ketones (excluding diaryl/α,β-unsaturated/α-hetero) is 2. The van der Waals surface area contributed by atoms with Crippen molar-refractivity contribution in [2.75, 3.05) is 7.11 Å². The summed E-state index contributed by atoms with van der Waals surface area (Å²) in [6, 6.07) is 3.62. The van der Waals surface area contributed by atoms with Crippen LogP contribution < -0.4 is 4.74 Å². The molecule has 0 aliphatic carbocycles. The van der Waals surface area contributed by atoms with Crippen LogP contribution in [0.1, 0.15) is 47.7 Å². The van der Waals surface area contributed by atoms with Crippen molar-refractivity contribution in [1.29, 1.82) is 0 Å². The second-order valence-electron chi connectivity index (χ2n) is 4.54. The van der Waals surface area contributed by atoms with Crippen molar-refractivity contribution in [3.8, 4) is 5.75 Å². The van der Waals surface area contributed by atoms with Gasteiger partial charge in [-0.05, 0) is 50.5 Å². The zero-order valence-electron chi connectivity index (χ0n) is 11.5. The Morgan fingerprint density at radius 3 is 2.33 bits per heavy atom. The van der Waals surface area contributed by atoms with Gasteiger partial charge in [-0.2, -0.15) is 0 Å². The summed E-state index contributed by atoms with van der Waals surface area (Å²) in [5.41, 5.74) is 2.69. The van der Waals surface area contributed by atoms with Crippen LogP contribution in [-0.4, -0.2) is 18.7 Å². The van der Waals surface area contributed by atoms with Gasteiger partial charge in [-0.15, -0.1) is 0 Å². The Balaban J connectivity index is 2.80. The highest BCUT2D eigenvalue weighted by molar-refractivity contribution is 5.98. The monoisotopic (exact) mass is 248 g/mol. The Morgan fingerprint density at radius 2 is 1.78 bits per heavy atom. The van der Waals surface area contributed by atoms with Gasteiger partial charge in [0.15, 0.2) is 5.78 Å². The molecule has 0 saturated heterocycles. The van der Waals surface area contributed by atoms with Gasteiger partial charge in [0, 0.05) is 18.4 Å². The molecule has 3 heteroatoms. The van der Waals surface area contributed by atoms with E-state index in [2.05, 4.69) is 0 Å². The molecule has 0 aliphatic rings. The summed E-state index contributed by atoms with van der Waals surface area (Å²) in [6.45, 7) is 5.42. The zero-order chi connectivity index (χ0) is 13.7. The van der Waals surface area contributed by atoms with Crippen molar-refractivity contribution in [3.63, 3.8) is 0 Å². The van der Waals surface area contributed by atoms with Crippen molar-refractivity contribution < 1.29 is 14.3 Å². The number of benzene rings is 1. The van der Waals surface area contributed by atoms with Crippen molar-refractivity contribution in [2.45, 2.75) is 40.0 Å². The summed E-state index contributed by atoms with van der Waals surface area (Å²) in [4.78, 5) is 22.9. The molecule has 0 unspecified atom stereocenters. The maximum absolute atomic E-state index is 12.0. The van der Waals surface area contributed by atoms with Gasteiger partial charge in [0.05, 0.1) is 7.11 Å². The molecule has 0 spiro atoms. The molecular formula is C15H20O3. The Kier molecular flexibility index (Phi) is 5.08.